The molecule has 34 heavy (non-hydrogen) atoms. The second-order valence-corrected chi connectivity index (χ2v) is 9.24. The number of para-hydroxylation sites is 2. The molecule has 0 radical (unpaired) electrons. The maximum atomic E-state index is 10.1. The number of nitrogens with zero attached hydrogens (tertiary/aromatic N) is 2. The van der Waals surface area contributed by atoms with Crippen LogP contribution < -0.4 is 4.57 Å². The highest BCUT2D eigenvalue weighted by Crippen LogP contribution is 2.46. The molecule has 0 spiro atoms. The zero-order chi connectivity index (χ0) is 24.3. The van der Waals surface area contributed by atoms with Crippen molar-refractivity contribution in [3.05, 3.63) is 136 Å². The first-order valence-corrected chi connectivity index (χ1v) is 11.9. The van der Waals surface area contributed by atoms with Crippen molar-refractivity contribution in [2.75, 3.05) is 0 Å². The molecule has 1 aliphatic heterocycles. The van der Waals surface area contributed by atoms with Crippen LogP contribution in [0.2, 0.25) is 0 Å². The van der Waals surface area contributed by atoms with Gasteiger partial charge in [0.15, 0.2) is 11.4 Å². The number of imidazole rings is 1. The molecular weight excluding hydrogens is 412 g/mol. The van der Waals surface area contributed by atoms with Crippen LogP contribution in [0, 0.1) is 27.7 Å². The predicted molar refractivity (Wildman–Crippen MR) is 139 cm³/mol. The molecule has 2 heterocycles. The Bertz CT molecular complexity index is 1580. The first-order chi connectivity index (χ1) is 16.9. The van der Waals surface area contributed by atoms with Gasteiger partial charge < -0.3 is 0 Å². The minimum absolute atomic E-state index is 0.983. The topological polar surface area (TPSA) is 8.81 Å². The summed E-state index contributed by atoms with van der Waals surface area (Å²) in [6.45, 7) is 8.71. The molecule has 1 unspecified atom stereocenters. The summed E-state index contributed by atoms with van der Waals surface area (Å²) in [6, 6.07) is 33.7. The molecule has 2 heteroatoms. The van der Waals surface area contributed by atoms with Gasteiger partial charge in [-0.1, -0.05) is 84.9 Å². The molecule has 0 saturated carbocycles. The van der Waals surface area contributed by atoms with Gasteiger partial charge in [0.25, 0.3) is 5.82 Å². The number of rotatable bonds is 3. The van der Waals surface area contributed by atoms with Gasteiger partial charge >= 0.3 is 0 Å². The minimum Gasteiger partial charge on any atom is -0.192 e. The Balaban J connectivity index is 1.84. The van der Waals surface area contributed by atoms with Gasteiger partial charge in [-0.2, -0.15) is 9.13 Å². The lowest BCUT2D eigenvalue weighted by molar-refractivity contribution is -0.590. The standard InChI is InChI=1S/C32H29N2/c1-21-13-8-10-19-27(21)33-24(4)31-30(25-16-6-5-7-17-25)26-18-9-11-20-28(26)34(31)32(33)29-22(2)14-12-15-23(29)3/h5-20,30H,1-4H3/q+1/i30D. The van der Waals surface area contributed by atoms with E-state index in [-0.39, 0.29) is 0 Å². The van der Waals surface area contributed by atoms with Gasteiger partial charge in [0.1, 0.15) is 11.4 Å². The number of hydrogen-bond donors (Lipinski definition) is 0. The lowest BCUT2D eigenvalue weighted by Crippen LogP contribution is -2.36. The van der Waals surface area contributed by atoms with Gasteiger partial charge in [-0.3, -0.25) is 0 Å². The molecule has 1 atom stereocenters. The van der Waals surface area contributed by atoms with Gasteiger partial charge in [-0.15, -0.1) is 0 Å². The third-order valence-corrected chi connectivity index (χ3v) is 7.10. The quantitative estimate of drug-likeness (QED) is 0.262. The minimum atomic E-state index is -1.01. The molecule has 2 nitrogen and oxygen atoms in total. The highest BCUT2D eigenvalue weighted by atomic mass is 15.2. The Hall–Kier alpha value is -3.91. The lowest BCUT2D eigenvalue weighted by atomic mass is 9.89. The summed E-state index contributed by atoms with van der Waals surface area (Å²) in [6.07, 6.45) is 0. The zero-order valence-corrected chi connectivity index (χ0v) is 20.1. The van der Waals surface area contributed by atoms with Crippen LogP contribution in [0.1, 0.15) is 46.5 Å². The summed E-state index contributed by atoms with van der Waals surface area (Å²) in [7, 11) is 0. The molecule has 0 N–H and O–H groups in total. The van der Waals surface area contributed by atoms with E-state index in [9.17, 15) is 1.37 Å². The first-order valence-electron chi connectivity index (χ1n) is 12.4. The van der Waals surface area contributed by atoms with Crippen LogP contribution in [-0.2, 0) is 0 Å². The average molecular weight is 443 g/mol. The van der Waals surface area contributed by atoms with E-state index in [4.69, 9.17) is 0 Å². The Kier molecular flexibility index (Phi) is 4.51. The van der Waals surface area contributed by atoms with Gasteiger partial charge in [0.2, 0.25) is 0 Å². The molecule has 0 aliphatic carbocycles. The summed E-state index contributed by atoms with van der Waals surface area (Å²) in [5, 5.41) is 0. The van der Waals surface area contributed by atoms with Crippen LogP contribution >= 0.6 is 0 Å². The second kappa shape index (κ2) is 7.85. The van der Waals surface area contributed by atoms with Crippen molar-refractivity contribution in [2.45, 2.75) is 33.6 Å². The van der Waals surface area contributed by atoms with Crippen LogP contribution in [0.5, 0.6) is 0 Å². The largest absolute Gasteiger partial charge is 0.300 e. The molecule has 1 aromatic heterocycles. The fourth-order valence-electron chi connectivity index (χ4n) is 5.56. The fraction of sp³-hybridized carbons (Fsp3) is 0.156. The zero-order valence-electron chi connectivity index (χ0n) is 21.1. The predicted octanol–water partition coefficient (Wildman–Crippen LogP) is 7.15. The van der Waals surface area contributed by atoms with Gasteiger partial charge in [-0.05, 0) is 55.2 Å². The number of aromatic nitrogens is 2. The van der Waals surface area contributed by atoms with Crippen molar-refractivity contribution in [3.63, 3.8) is 0 Å². The van der Waals surface area contributed by atoms with Crippen LogP contribution in [0.15, 0.2) is 97.1 Å². The normalized spacial score (nSPS) is 16.8. The van der Waals surface area contributed by atoms with E-state index in [0.717, 1.165) is 39.7 Å². The Morgan fingerprint density at radius 2 is 1.29 bits per heavy atom. The second-order valence-electron chi connectivity index (χ2n) is 9.24. The Labute approximate surface area is 203 Å². The monoisotopic (exact) mass is 442 g/mol. The molecule has 6 rings (SSSR count). The number of hydrogen-bond acceptors (Lipinski definition) is 0. The molecule has 1 aliphatic rings. The van der Waals surface area contributed by atoms with E-state index < -0.39 is 5.89 Å². The Morgan fingerprint density at radius 3 is 2.03 bits per heavy atom. The van der Waals surface area contributed by atoms with E-state index in [1.165, 1.54) is 22.3 Å². The van der Waals surface area contributed by atoms with Crippen LogP contribution in [0.4, 0.5) is 0 Å². The number of aryl methyl sites for hydroxylation is 3. The summed E-state index contributed by atoms with van der Waals surface area (Å²) in [5.41, 5.74) is 11.2. The molecule has 0 saturated heterocycles. The third-order valence-electron chi connectivity index (χ3n) is 7.10. The Morgan fingerprint density at radius 1 is 0.676 bits per heavy atom. The third kappa shape index (κ3) is 2.92. The number of fused-ring (bicyclic) bond motifs is 3. The average Bonchev–Trinajstić information content (AvgIpc) is 3.31. The molecule has 0 amide bonds. The van der Waals surface area contributed by atoms with Crippen LogP contribution in [-0.4, -0.2) is 4.57 Å². The van der Waals surface area contributed by atoms with Gasteiger partial charge in [-0.25, -0.2) is 0 Å². The van der Waals surface area contributed by atoms with Gasteiger partial charge in [0, 0.05) is 13.9 Å². The van der Waals surface area contributed by atoms with Crippen molar-refractivity contribution in [1.29, 1.82) is 0 Å². The highest BCUT2D eigenvalue weighted by Gasteiger charge is 2.44. The van der Waals surface area contributed by atoms with Crippen LogP contribution in [0.25, 0.3) is 22.8 Å². The van der Waals surface area contributed by atoms with Crippen molar-refractivity contribution >= 4 is 0 Å². The maximum Gasteiger partial charge on any atom is 0.300 e. The van der Waals surface area contributed by atoms with E-state index >= 15 is 0 Å². The number of benzene rings is 4. The molecule has 0 bridgehead atoms. The van der Waals surface area contributed by atoms with Crippen molar-refractivity contribution in [1.82, 2.24) is 4.57 Å². The summed E-state index contributed by atoms with van der Waals surface area (Å²) >= 11 is 0. The first kappa shape index (κ1) is 19.5. The van der Waals surface area contributed by atoms with Crippen molar-refractivity contribution in [3.8, 4) is 22.8 Å². The van der Waals surface area contributed by atoms with E-state index in [1.807, 2.05) is 18.2 Å². The molecule has 166 valence electrons. The molecule has 0 fully saturated rings. The van der Waals surface area contributed by atoms with E-state index in [0.29, 0.717) is 0 Å². The summed E-state index contributed by atoms with van der Waals surface area (Å²) < 4.78 is 14.8. The summed E-state index contributed by atoms with van der Waals surface area (Å²) in [5.74, 6) is 0.0983. The molecule has 5 aromatic rings. The van der Waals surface area contributed by atoms with Crippen LogP contribution in [0.3, 0.4) is 0 Å². The fourth-order valence-corrected chi connectivity index (χ4v) is 5.56. The van der Waals surface area contributed by atoms with Crippen molar-refractivity contribution < 1.29 is 5.94 Å². The highest BCUT2D eigenvalue weighted by molar-refractivity contribution is 5.70. The van der Waals surface area contributed by atoms with E-state index in [1.54, 1.807) is 0 Å². The SMILES string of the molecule is [2H]C1(c2ccccc2)c2ccccc2-n2c1c(C)[n+](-c1ccccc1C)c2-c1c(C)cccc1C. The molecular formula is C32H29N2+. The lowest BCUT2D eigenvalue weighted by Gasteiger charge is -2.13. The molecule has 4 aromatic carbocycles. The van der Waals surface area contributed by atoms with E-state index in [2.05, 4.69) is 116 Å². The smallest absolute Gasteiger partial charge is 0.192 e. The van der Waals surface area contributed by atoms with Gasteiger partial charge in [0.05, 0.1) is 11.5 Å². The van der Waals surface area contributed by atoms with Crippen molar-refractivity contribution in [2.24, 2.45) is 0 Å². The summed E-state index contributed by atoms with van der Waals surface area (Å²) in [4.78, 5) is 0. The maximum absolute atomic E-state index is 10.1.